The molecule has 0 bridgehead atoms. The molecule has 0 aromatic carbocycles. The lowest BCUT2D eigenvalue weighted by molar-refractivity contribution is -0.121. The number of amides is 1. The van der Waals surface area contributed by atoms with Crippen molar-refractivity contribution in [2.75, 3.05) is 6.54 Å². The largest absolute Gasteiger partial charge is 0.355 e. The van der Waals surface area contributed by atoms with E-state index in [1.165, 1.54) is 32.1 Å². The van der Waals surface area contributed by atoms with Gasteiger partial charge < -0.3 is 11.1 Å². The average Bonchev–Trinajstić information content (AvgIpc) is 2.62. The van der Waals surface area contributed by atoms with Crippen molar-refractivity contribution in [2.45, 2.75) is 65.3 Å². The molecule has 18 heavy (non-hydrogen) atoms. The molecule has 0 spiro atoms. The van der Waals surface area contributed by atoms with Gasteiger partial charge >= 0.3 is 0 Å². The van der Waals surface area contributed by atoms with Crippen LogP contribution in [0, 0.1) is 11.3 Å². The van der Waals surface area contributed by atoms with Crippen molar-refractivity contribution in [3.8, 4) is 0 Å². The van der Waals surface area contributed by atoms with Crippen molar-refractivity contribution in [2.24, 2.45) is 17.1 Å². The number of hydrogen-bond donors (Lipinski definition) is 2. The predicted octanol–water partition coefficient (Wildman–Crippen LogP) is 2.87. The maximum atomic E-state index is 11.6. The first-order valence-corrected chi connectivity index (χ1v) is 6.96. The van der Waals surface area contributed by atoms with Gasteiger partial charge in [-0.1, -0.05) is 26.7 Å². The minimum absolute atomic E-state index is 0. The van der Waals surface area contributed by atoms with E-state index in [0.29, 0.717) is 17.8 Å². The van der Waals surface area contributed by atoms with Crippen LogP contribution in [0.1, 0.15) is 59.3 Å². The zero-order valence-corrected chi connectivity index (χ0v) is 12.8. The van der Waals surface area contributed by atoms with Crippen molar-refractivity contribution < 1.29 is 4.79 Å². The molecule has 108 valence electrons. The van der Waals surface area contributed by atoms with Crippen LogP contribution in [-0.4, -0.2) is 18.5 Å². The van der Waals surface area contributed by atoms with Crippen LogP contribution < -0.4 is 11.1 Å². The third-order valence-electron chi connectivity index (χ3n) is 3.67. The Bertz CT molecular complexity index is 248. The van der Waals surface area contributed by atoms with Gasteiger partial charge in [0.2, 0.25) is 5.91 Å². The van der Waals surface area contributed by atoms with Gasteiger partial charge in [0.25, 0.3) is 0 Å². The zero-order chi connectivity index (χ0) is 12.9. The van der Waals surface area contributed by atoms with Crippen LogP contribution in [0.3, 0.4) is 0 Å². The summed E-state index contributed by atoms with van der Waals surface area (Å²) in [6, 6.07) is -0.0420. The van der Waals surface area contributed by atoms with Gasteiger partial charge in [-0.25, -0.2) is 0 Å². The lowest BCUT2D eigenvalue weighted by Gasteiger charge is -2.31. The first kappa shape index (κ1) is 17.7. The molecule has 1 amide bonds. The molecular formula is C14H29ClN2O. The Kier molecular flexibility index (Phi) is 7.88. The highest BCUT2D eigenvalue weighted by Crippen LogP contribution is 2.42. The summed E-state index contributed by atoms with van der Waals surface area (Å²) in [6.07, 6.45) is 6.84. The molecule has 1 aliphatic carbocycles. The van der Waals surface area contributed by atoms with Gasteiger partial charge in [-0.3, -0.25) is 4.79 Å². The third-order valence-corrected chi connectivity index (χ3v) is 3.67. The Balaban J connectivity index is 0.00000289. The van der Waals surface area contributed by atoms with E-state index in [2.05, 4.69) is 19.2 Å². The number of carbonyl (C=O) groups is 1. The molecule has 1 rings (SSSR count). The number of hydrogen-bond acceptors (Lipinski definition) is 2. The van der Waals surface area contributed by atoms with E-state index in [1.807, 2.05) is 6.92 Å². The fourth-order valence-corrected chi connectivity index (χ4v) is 3.09. The molecule has 1 saturated carbocycles. The van der Waals surface area contributed by atoms with Crippen LogP contribution in [0.25, 0.3) is 0 Å². The summed E-state index contributed by atoms with van der Waals surface area (Å²) in [5, 5.41) is 3.08. The van der Waals surface area contributed by atoms with E-state index in [4.69, 9.17) is 5.73 Å². The van der Waals surface area contributed by atoms with Crippen LogP contribution in [-0.2, 0) is 4.79 Å². The summed E-state index contributed by atoms with van der Waals surface area (Å²) in [7, 11) is 0. The molecule has 0 aromatic heterocycles. The van der Waals surface area contributed by atoms with Gasteiger partial charge in [0.05, 0.1) is 0 Å². The van der Waals surface area contributed by atoms with Crippen molar-refractivity contribution in [1.29, 1.82) is 0 Å². The summed E-state index contributed by atoms with van der Waals surface area (Å²) >= 11 is 0. The highest BCUT2D eigenvalue weighted by Gasteiger charge is 2.34. The fraction of sp³-hybridized carbons (Fsp3) is 0.929. The lowest BCUT2D eigenvalue weighted by Crippen LogP contribution is -2.38. The normalized spacial score (nSPS) is 19.4. The van der Waals surface area contributed by atoms with E-state index in [9.17, 15) is 4.79 Å². The molecule has 1 fully saturated rings. The second-order valence-corrected chi connectivity index (χ2v) is 6.26. The Morgan fingerprint density at radius 1 is 1.28 bits per heavy atom. The minimum Gasteiger partial charge on any atom is -0.355 e. The molecule has 0 aliphatic heterocycles. The molecule has 1 atom stereocenters. The second kappa shape index (κ2) is 8.00. The van der Waals surface area contributed by atoms with Gasteiger partial charge in [-0.05, 0) is 37.5 Å². The van der Waals surface area contributed by atoms with Crippen LogP contribution in [0.5, 0.6) is 0 Å². The van der Waals surface area contributed by atoms with Gasteiger partial charge in [-0.15, -0.1) is 12.4 Å². The molecule has 3 nitrogen and oxygen atoms in total. The monoisotopic (exact) mass is 276 g/mol. The molecule has 1 aliphatic rings. The Morgan fingerprint density at radius 2 is 1.83 bits per heavy atom. The van der Waals surface area contributed by atoms with E-state index in [-0.39, 0.29) is 24.4 Å². The van der Waals surface area contributed by atoms with Crippen LogP contribution in [0.4, 0.5) is 0 Å². The van der Waals surface area contributed by atoms with Gasteiger partial charge in [0.15, 0.2) is 0 Å². The molecule has 1 unspecified atom stereocenters. The molecular weight excluding hydrogens is 248 g/mol. The van der Waals surface area contributed by atoms with Crippen LogP contribution >= 0.6 is 12.4 Å². The van der Waals surface area contributed by atoms with Gasteiger partial charge in [0.1, 0.15) is 0 Å². The molecule has 0 saturated heterocycles. The zero-order valence-electron chi connectivity index (χ0n) is 12.0. The highest BCUT2D eigenvalue weighted by molar-refractivity contribution is 5.85. The number of rotatable bonds is 6. The van der Waals surface area contributed by atoms with Crippen molar-refractivity contribution in [3.63, 3.8) is 0 Å². The van der Waals surface area contributed by atoms with Crippen molar-refractivity contribution in [3.05, 3.63) is 0 Å². The molecule has 0 radical (unpaired) electrons. The molecule has 3 N–H and O–H groups in total. The molecule has 0 heterocycles. The third kappa shape index (κ3) is 6.05. The Morgan fingerprint density at radius 3 is 2.28 bits per heavy atom. The summed E-state index contributed by atoms with van der Waals surface area (Å²) < 4.78 is 0. The predicted molar refractivity (Wildman–Crippen MR) is 78.9 cm³/mol. The van der Waals surface area contributed by atoms with Crippen molar-refractivity contribution in [1.82, 2.24) is 5.32 Å². The first-order chi connectivity index (χ1) is 7.93. The number of nitrogens with two attached hydrogens (primary N) is 1. The maximum Gasteiger partial charge on any atom is 0.221 e. The van der Waals surface area contributed by atoms with Gasteiger partial charge in [0, 0.05) is 19.0 Å². The SMILES string of the molecule is CC(C)CC1(CNC(=O)CC(C)N)CCCC1.Cl. The molecule has 4 heteroatoms. The summed E-state index contributed by atoms with van der Waals surface area (Å²) in [5.74, 6) is 0.813. The summed E-state index contributed by atoms with van der Waals surface area (Å²) in [4.78, 5) is 11.6. The quantitative estimate of drug-likeness (QED) is 0.784. The minimum atomic E-state index is -0.0420. The van der Waals surface area contributed by atoms with E-state index < -0.39 is 0 Å². The van der Waals surface area contributed by atoms with Crippen LogP contribution in [0.15, 0.2) is 0 Å². The second-order valence-electron chi connectivity index (χ2n) is 6.26. The lowest BCUT2D eigenvalue weighted by atomic mass is 9.78. The molecule has 0 aromatic rings. The van der Waals surface area contributed by atoms with E-state index in [1.54, 1.807) is 0 Å². The van der Waals surface area contributed by atoms with E-state index >= 15 is 0 Å². The smallest absolute Gasteiger partial charge is 0.221 e. The topological polar surface area (TPSA) is 55.1 Å². The van der Waals surface area contributed by atoms with Crippen molar-refractivity contribution >= 4 is 18.3 Å². The maximum absolute atomic E-state index is 11.6. The summed E-state index contributed by atoms with van der Waals surface area (Å²) in [5.41, 5.74) is 5.99. The number of carbonyl (C=O) groups excluding carboxylic acids is 1. The number of halogens is 1. The first-order valence-electron chi connectivity index (χ1n) is 6.96. The Hall–Kier alpha value is -0.280. The van der Waals surface area contributed by atoms with Gasteiger partial charge in [-0.2, -0.15) is 0 Å². The average molecular weight is 277 g/mol. The van der Waals surface area contributed by atoms with E-state index in [0.717, 1.165) is 6.54 Å². The fourth-order valence-electron chi connectivity index (χ4n) is 3.09. The van der Waals surface area contributed by atoms with Crippen LogP contribution in [0.2, 0.25) is 0 Å². The summed E-state index contributed by atoms with van der Waals surface area (Å²) in [6.45, 7) is 7.25. The number of nitrogens with one attached hydrogen (secondary N) is 1. The highest BCUT2D eigenvalue weighted by atomic mass is 35.5. The Labute approximate surface area is 118 Å². The standard InChI is InChI=1S/C14H28N2O.ClH/c1-11(2)9-14(6-4-5-7-14)10-16-13(17)8-12(3)15;/h11-12H,4-10,15H2,1-3H3,(H,16,17);1H.